The molecular formula is C13H22F3N5O2S2. The topological polar surface area (TPSA) is 95.5 Å². The fourth-order valence-electron chi connectivity index (χ4n) is 1.66. The molecule has 0 radical (unpaired) electrons. The van der Waals surface area contributed by atoms with Crippen molar-refractivity contribution in [3.8, 4) is 0 Å². The summed E-state index contributed by atoms with van der Waals surface area (Å²) in [6.07, 6.45) is -4.10. The van der Waals surface area contributed by atoms with Crippen molar-refractivity contribution in [2.75, 3.05) is 31.9 Å². The second-order valence-electron chi connectivity index (χ2n) is 4.86. The van der Waals surface area contributed by atoms with Gasteiger partial charge in [0.1, 0.15) is 0 Å². The average molecular weight is 401 g/mol. The van der Waals surface area contributed by atoms with E-state index < -0.39 is 21.9 Å². The van der Waals surface area contributed by atoms with Gasteiger partial charge in [0.05, 0.1) is 17.3 Å². The van der Waals surface area contributed by atoms with E-state index in [9.17, 15) is 21.6 Å². The summed E-state index contributed by atoms with van der Waals surface area (Å²) in [6, 6.07) is 0. The molecule has 0 aliphatic rings. The third kappa shape index (κ3) is 8.50. The Kier molecular flexibility index (Phi) is 8.59. The molecule has 1 heterocycles. The lowest BCUT2D eigenvalue weighted by molar-refractivity contribution is -0.140. The Balaban J connectivity index is 2.44. The third-order valence-corrected chi connectivity index (χ3v) is 5.21. The molecule has 0 fully saturated rings. The van der Waals surface area contributed by atoms with Crippen LogP contribution in [-0.4, -0.2) is 51.3 Å². The Labute approximate surface area is 149 Å². The monoisotopic (exact) mass is 401 g/mol. The maximum atomic E-state index is 12.5. The molecule has 25 heavy (non-hydrogen) atoms. The van der Waals surface area contributed by atoms with Gasteiger partial charge in [0, 0.05) is 31.4 Å². The number of rotatable bonds is 9. The molecule has 1 aromatic heterocycles. The van der Waals surface area contributed by atoms with Gasteiger partial charge < -0.3 is 10.6 Å². The van der Waals surface area contributed by atoms with Crippen LogP contribution < -0.4 is 15.4 Å². The number of aliphatic imine (C=N–C) groups is 1. The predicted octanol–water partition coefficient (Wildman–Crippen LogP) is 1.20. The SMILES string of the molecule is CCNC(=NCCNS(=O)(=O)CC)NCCc1nc(C(F)(F)F)cs1. The molecule has 0 saturated carbocycles. The van der Waals surface area contributed by atoms with Crippen molar-refractivity contribution in [3.63, 3.8) is 0 Å². The van der Waals surface area contributed by atoms with Gasteiger partial charge in [-0.15, -0.1) is 11.3 Å². The van der Waals surface area contributed by atoms with Crippen molar-refractivity contribution >= 4 is 27.3 Å². The first-order valence-electron chi connectivity index (χ1n) is 7.69. The Bertz CT molecular complexity index is 659. The van der Waals surface area contributed by atoms with Gasteiger partial charge in [-0.3, -0.25) is 4.99 Å². The number of nitrogens with one attached hydrogen (secondary N) is 3. The highest BCUT2D eigenvalue weighted by molar-refractivity contribution is 7.89. The van der Waals surface area contributed by atoms with E-state index in [0.29, 0.717) is 30.5 Å². The van der Waals surface area contributed by atoms with Crippen LogP contribution in [0.2, 0.25) is 0 Å². The van der Waals surface area contributed by atoms with E-state index in [1.54, 1.807) is 6.92 Å². The standard InChI is InChI=1S/C13H22F3N5O2S2/c1-3-17-12(19-7-8-20-25(22,23)4-2)18-6-5-11-21-10(9-24-11)13(14,15)16/h9,20H,3-8H2,1-2H3,(H2,17,18,19). The molecule has 0 aromatic carbocycles. The van der Waals surface area contributed by atoms with E-state index in [1.807, 2.05) is 6.92 Å². The normalized spacial score (nSPS) is 13.1. The summed E-state index contributed by atoms with van der Waals surface area (Å²) in [5, 5.41) is 7.33. The minimum Gasteiger partial charge on any atom is -0.357 e. The number of halogens is 3. The van der Waals surface area contributed by atoms with Gasteiger partial charge >= 0.3 is 6.18 Å². The number of aromatic nitrogens is 1. The van der Waals surface area contributed by atoms with Crippen LogP contribution in [0.15, 0.2) is 10.4 Å². The van der Waals surface area contributed by atoms with Gasteiger partial charge in [0.15, 0.2) is 11.7 Å². The number of hydrogen-bond acceptors (Lipinski definition) is 5. The Morgan fingerprint density at radius 1 is 1.28 bits per heavy atom. The fourth-order valence-corrected chi connectivity index (χ4v) is 3.07. The molecule has 1 aromatic rings. The van der Waals surface area contributed by atoms with E-state index in [0.717, 1.165) is 16.7 Å². The van der Waals surface area contributed by atoms with Crippen molar-refractivity contribution in [2.24, 2.45) is 4.99 Å². The molecular weight excluding hydrogens is 379 g/mol. The van der Waals surface area contributed by atoms with Crippen molar-refractivity contribution in [3.05, 3.63) is 16.1 Å². The third-order valence-electron chi connectivity index (χ3n) is 2.90. The molecule has 0 aliphatic carbocycles. The average Bonchev–Trinajstić information content (AvgIpc) is 3.00. The van der Waals surface area contributed by atoms with Gasteiger partial charge in [-0.2, -0.15) is 13.2 Å². The summed E-state index contributed by atoms with van der Waals surface area (Å²) in [4.78, 5) is 7.75. The number of thiazole rings is 1. The number of hydrogen-bond donors (Lipinski definition) is 3. The Morgan fingerprint density at radius 3 is 2.56 bits per heavy atom. The van der Waals surface area contributed by atoms with Crippen LogP contribution >= 0.6 is 11.3 Å². The zero-order chi connectivity index (χ0) is 18.9. The first-order chi connectivity index (χ1) is 11.7. The van der Waals surface area contributed by atoms with Crippen LogP contribution in [0.5, 0.6) is 0 Å². The highest BCUT2D eigenvalue weighted by Crippen LogP contribution is 2.29. The molecule has 0 spiro atoms. The van der Waals surface area contributed by atoms with E-state index in [1.165, 1.54) is 0 Å². The number of alkyl halides is 3. The van der Waals surface area contributed by atoms with Crippen LogP contribution in [0.4, 0.5) is 13.2 Å². The van der Waals surface area contributed by atoms with Gasteiger partial charge in [0.25, 0.3) is 0 Å². The summed E-state index contributed by atoms with van der Waals surface area (Å²) < 4.78 is 62.4. The minimum atomic E-state index is -4.43. The molecule has 0 unspecified atom stereocenters. The van der Waals surface area contributed by atoms with E-state index in [-0.39, 0.29) is 18.8 Å². The smallest absolute Gasteiger partial charge is 0.357 e. The summed E-state index contributed by atoms with van der Waals surface area (Å²) in [6.45, 7) is 4.78. The summed E-state index contributed by atoms with van der Waals surface area (Å²) >= 11 is 0.960. The molecule has 3 N–H and O–H groups in total. The Morgan fingerprint density at radius 2 is 2.00 bits per heavy atom. The lowest BCUT2D eigenvalue weighted by atomic mass is 10.4. The van der Waals surface area contributed by atoms with Crippen molar-refractivity contribution in [2.45, 2.75) is 26.4 Å². The van der Waals surface area contributed by atoms with Gasteiger partial charge in [0.2, 0.25) is 10.0 Å². The summed E-state index contributed by atoms with van der Waals surface area (Å²) in [5.41, 5.74) is -0.878. The zero-order valence-electron chi connectivity index (χ0n) is 14.0. The van der Waals surface area contributed by atoms with Crippen molar-refractivity contribution < 1.29 is 21.6 Å². The number of nitrogens with zero attached hydrogens (tertiary/aromatic N) is 2. The quantitative estimate of drug-likeness (QED) is 0.328. The van der Waals surface area contributed by atoms with Gasteiger partial charge in [-0.1, -0.05) is 0 Å². The van der Waals surface area contributed by atoms with Crippen molar-refractivity contribution in [1.82, 2.24) is 20.3 Å². The second-order valence-corrected chi connectivity index (χ2v) is 7.90. The molecule has 1 rings (SSSR count). The largest absolute Gasteiger partial charge is 0.434 e. The maximum Gasteiger partial charge on any atom is 0.434 e. The van der Waals surface area contributed by atoms with E-state index >= 15 is 0 Å². The van der Waals surface area contributed by atoms with Gasteiger partial charge in [-0.05, 0) is 13.8 Å². The highest BCUT2D eigenvalue weighted by Gasteiger charge is 2.33. The maximum absolute atomic E-state index is 12.5. The van der Waals surface area contributed by atoms with Crippen LogP contribution in [0.25, 0.3) is 0 Å². The van der Waals surface area contributed by atoms with E-state index in [4.69, 9.17) is 0 Å². The van der Waals surface area contributed by atoms with E-state index in [2.05, 4.69) is 25.3 Å². The molecule has 144 valence electrons. The molecule has 0 bridgehead atoms. The van der Waals surface area contributed by atoms with Crippen LogP contribution in [0.1, 0.15) is 24.5 Å². The first-order valence-corrected chi connectivity index (χ1v) is 10.2. The molecule has 0 atom stereocenters. The lowest BCUT2D eigenvalue weighted by Gasteiger charge is -2.10. The molecule has 0 aliphatic heterocycles. The number of guanidine groups is 1. The van der Waals surface area contributed by atoms with Crippen LogP contribution in [-0.2, 0) is 22.6 Å². The molecule has 7 nitrogen and oxygen atoms in total. The Hall–Kier alpha value is -1.40. The molecule has 12 heteroatoms. The van der Waals surface area contributed by atoms with Crippen LogP contribution in [0.3, 0.4) is 0 Å². The fraction of sp³-hybridized carbons (Fsp3) is 0.692. The summed E-state index contributed by atoms with van der Waals surface area (Å²) in [7, 11) is -3.25. The highest BCUT2D eigenvalue weighted by atomic mass is 32.2. The second kappa shape index (κ2) is 9.92. The predicted molar refractivity (Wildman–Crippen MR) is 92.3 cm³/mol. The zero-order valence-corrected chi connectivity index (χ0v) is 15.6. The minimum absolute atomic E-state index is 0.00274. The van der Waals surface area contributed by atoms with Crippen LogP contribution in [0, 0.1) is 0 Å². The lowest BCUT2D eigenvalue weighted by Crippen LogP contribution is -2.39. The van der Waals surface area contributed by atoms with Crippen molar-refractivity contribution in [1.29, 1.82) is 0 Å². The first kappa shape index (κ1) is 21.6. The molecule has 0 amide bonds. The van der Waals surface area contributed by atoms with Gasteiger partial charge in [-0.25, -0.2) is 18.1 Å². The number of sulfonamides is 1. The molecule has 0 saturated heterocycles. The summed E-state index contributed by atoms with van der Waals surface area (Å²) in [5.74, 6) is 0.466.